The van der Waals surface area contributed by atoms with Gasteiger partial charge in [0.1, 0.15) is 17.4 Å². The number of carbonyl (C=O) groups is 1. The topological polar surface area (TPSA) is 90.1 Å². The number of rotatable bonds is 6. The fourth-order valence-electron chi connectivity index (χ4n) is 2.54. The smallest absolute Gasteiger partial charge is 0.274 e. The number of aromatic nitrogens is 3. The number of amides is 1. The second-order valence-electron chi connectivity index (χ2n) is 5.90. The van der Waals surface area contributed by atoms with Crippen LogP contribution in [0.25, 0.3) is 10.2 Å². The molecule has 0 bridgehead atoms. The molecule has 0 aliphatic heterocycles. The van der Waals surface area contributed by atoms with E-state index >= 15 is 0 Å². The molecule has 1 atom stereocenters. The average molecular weight is 400 g/mol. The minimum Gasteiger partial charge on any atom is -0.485 e. The second-order valence-corrected chi connectivity index (χ2v) is 8.06. The molecule has 0 unspecified atom stereocenters. The maximum absolute atomic E-state index is 12.3. The molecule has 0 aliphatic rings. The van der Waals surface area contributed by atoms with Crippen LogP contribution in [-0.4, -0.2) is 21.0 Å². The minimum atomic E-state index is -0.313. The zero-order chi connectivity index (χ0) is 18.8. The molecule has 3 heterocycles. The van der Waals surface area contributed by atoms with Crippen molar-refractivity contribution in [1.29, 1.82) is 0 Å². The lowest BCUT2D eigenvalue weighted by Crippen LogP contribution is -2.26. The highest BCUT2D eigenvalue weighted by atomic mass is 32.1. The molecule has 27 heavy (non-hydrogen) atoms. The first-order valence-electron chi connectivity index (χ1n) is 8.24. The Morgan fingerprint density at radius 2 is 2.26 bits per heavy atom. The van der Waals surface area contributed by atoms with Crippen molar-refractivity contribution in [2.45, 2.75) is 26.5 Å². The highest BCUT2D eigenvalue weighted by Gasteiger charge is 2.17. The lowest BCUT2D eigenvalue weighted by molar-refractivity contribution is 0.0930. The van der Waals surface area contributed by atoms with Gasteiger partial charge in [0, 0.05) is 23.7 Å². The molecule has 1 N–H and O–H groups in total. The molecule has 138 valence electrons. The van der Waals surface area contributed by atoms with Crippen LogP contribution in [0.4, 0.5) is 0 Å². The lowest BCUT2D eigenvalue weighted by atomic mass is 10.3. The van der Waals surface area contributed by atoms with Crippen LogP contribution in [0, 0.1) is 6.92 Å². The van der Waals surface area contributed by atoms with Crippen LogP contribution in [0.1, 0.15) is 39.2 Å². The average Bonchev–Trinajstić information content (AvgIpc) is 3.39. The third-order valence-electron chi connectivity index (χ3n) is 3.81. The number of aryl methyl sites for hydroxylation is 1. The molecule has 0 saturated heterocycles. The van der Waals surface area contributed by atoms with Gasteiger partial charge in [-0.05, 0) is 26.0 Å². The third kappa shape index (κ3) is 3.99. The monoisotopic (exact) mass is 400 g/mol. The number of nitrogens with one attached hydrogen (secondary N) is 1. The summed E-state index contributed by atoms with van der Waals surface area (Å²) in [5.74, 6) is 0.844. The van der Waals surface area contributed by atoms with Crippen LogP contribution in [0.2, 0.25) is 0 Å². The Labute approximate surface area is 163 Å². The third-order valence-corrected chi connectivity index (χ3v) is 5.72. The predicted octanol–water partition coefficient (Wildman–Crippen LogP) is 4.12. The van der Waals surface area contributed by atoms with Crippen molar-refractivity contribution in [1.82, 2.24) is 20.4 Å². The normalized spacial score (nSPS) is 12.2. The van der Waals surface area contributed by atoms with Gasteiger partial charge in [-0.3, -0.25) is 4.79 Å². The fourth-order valence-corrected chi connectivity index (χ4v) is 3.99. The van der Waals surface area contributed by atoms with Gasteiger partial charge in [-0.15, -0.1) is 22.7 Å². The quantitative estimate of drug-likeness (QED) is 0.524. The number of benzene rings is 1. The van der Waals surface area contributed by atoms with Gasteiger partial charge in [-0.2, -0.15) is 0 Å². The van der Waals surface area contributed by atoms with Gasteiger partial charge in [-0.1, -0.05) is 5.16 Å². The summed E-state index contributed by atoms with van der Waals surface area (Å²) in [5, 5.41) is 10.4. The molecule has 9 heteroatoms. The summed E-state index contributed by atoms with van der Waals surface area (Å²) in [6.45, 7) is 4.02. The van der Waals surface area contributed by atoms with Crippen molar-refractivity contribution < 1.29 is 14.1 Å². The second kappa shape index (κ2) is 7.45. The molecule has 0 saturated carbocycles. The Balaban J connectivity index is 1.37. The van der Waals surface area contributed by atoms with Gasteiger partial charge in [0.05, 0.1) is 21.3 Å². The van der Waals surface area contributed by atoms with Crippen LogP contribution < -0.4 is 10.1 Å². The van der Waals surface area contributed by atoms with Crippen LogP contribution in [0.5, 0.6) is 5.75 Å². The Kier molecular flexibility index (Phi) is 4.87. The predicted molar refractivity (Wildman–Crippen MR) is 103 cm³/mol. The summed E-state index contributed by atoms with van der Waals surface area (Å²) in [5.41, 5.74) is 1.12. The van der Waals surface area contributed by atoms with E-state index in [2.05, 4.69) is 20.4 Å². The number of hydrogen-bond donors (Lipinski definition) is 1. The Morgan fingerprint density at radius 3 is 3.07 bits per heavy atom. The summed E-state index contributed by atoms with van der Waals surface area (Å²) in [6, 6.07) is 7.14. The number of hydrogen-bond acceptors (Lipinski definition) is 8. The molecule has 0 fully saturated rings. The van der Waals surface area contributed by atoms with Gasteiger partial charge >= 0.3 is 0 Å². The molecule has 0 aliphatic carbocycles. The standard InChI is InChI=1S/C18H16N4O3S2/c1-10(18-19-5-6-26-18)20-17(23)15-8-13(25-22-15)9-24-12-3-4-16-14(7-12)21-11(2)27-16/h3-8,10H,9H2,1-2H3,(H,20,23)/t10-/m1/s1. The Hall–Kier alpha value is -2.78. The first-order valence-corrected chi connectivity index (χ1v) is 9.94. The van der Waals surface area contributed by atoms with Gasteiger partial charge in [0.25, 0.3) is 5.91 Å². The lowest BCUT2D eigenvalue weighted by Gasteiger charge is -2.08. The largest absolute Gasteiger partial charge is 0.485 e. The van der Waals surface area contributed by atoms with Crippen LogP contribution in [-0.2, 0) is 6.61 Å². The van der Waals surface area contributed by atoms with Crippen molar-refractivity contribution >= 4 is 38.8 Å². The fraction of sp³-hybridized carbons (Fsp3) is 0.222. The van der Waals surface area contributed by atoms with Crippen molar-refractivity contribution in [2.24, 2.45) is 0 Å². The van der Waals surface area contributed by atoms with E-state index in [1.165, 1.54) is 11.3 Å². The van der Waals surface area contributed by atoms with Crippen LogP contribution in [0.15, 0.2) is 40.4 Å². The van der Waals surface area contributed by atoms with Gasteiger partial charge in [0.2, 0.25) is 0 Å². The van der Waals surface area contributed by atoms with Gasteiger partial charge in [0.15, 0.2) is 11.5 Å². The Morgan fingerprint density at radius 1 is 1.37 bits per heavy atom. The van der Waals surface area contributed by atoms with E-state index in [1.54, 1.807) is 23.6 Å². The highest BCUT2D eigenvalue weighted by Crippen LogP contribution is 2.26. The van der Waals surface area contributed by atoms with E-state index in [0.29, 0.717) is 11.5 Å². The van der Waals surface area contributed by atoms with Gasteiger partial charge in [-0.25, -0.2) is 9.97 Å². The van der Waals surface area contributed by atoms with E-state index in [9.17, 15) is 4.79 Å². The maximum Gasteiger partial charge on any atom is 0.274 e. The van der Waals surface area contributed by atoms with Crippen LogP contribution >= 0.6 is 22.7 Å². The van der Waals surface area contributed by atoms with Crippen molar-refractivity contribution in [3.63, 3.8) is 0 Å². The molecule has 0 radical (unpaired) electrons. The van der Waals surface area contributed by atoms with E-state index in [4.69, 9.17) is 9.26 Å². The summed E-state index contributed by atoms with van der Waals surface area (Å²) in [4.78, 5) is 20.9. The van der Waals surface area contributed by atoms with Crippen molar-refractivity contribution in [3.8, 4) is 5.75 Å². The van der Waals surface area contributed by atoms with Gasteiger partial charge < -0.3 is 14.6 Å². The first-order chi connectivity index (χ1) is 13.1. The molecule has 7 nitrogen and oxygen atoms in total. The SMILES string of the molecule is Cc1nc2cc(OCc3cc(C(=O)N[C@H](C)c4nccs4)no3)ccc2s1. The number of thiazole rings is 2. The van der Waals surface area contributed by atoms with Crippen molar-refractivity contribution in [3.05, 3.63) is 57.3 Å². The Bertz CT molecular complexity index is 1070. The van der Waals surface area contributed by atoms with E-state index in [-0.39, 0.29) is 24.2 Å². The minimum absolute atomic E-state index is 0.178. The molecule has 0 spiro atoms. The maximum atomic E-state index is 12.3. The summed E-state index contributed by atoms with van der Waals surface area (Å²) in [6.07, 6.45) is 1.71. The van der Waals surface area contributed by atoms with Crippen LogP contribution in [0.3, 0.4) is 0 Å². The first kappa shape index (κ1) is 17.6. The summed E-state index contributed by atoms with van der Waals surface area (Å²) >= 11 is 3.13. The molecule has 4 rings (SSSR count). The van der Waals surface area contributed by atoms with E-state index in [1.807, 2.05) is 37.4 Å². The number of carbonyl (C=O) groups excluding carboxylic acids is 1. The number of nitrogens with zero attached hydrogens (tertiary/aromatic N) is 3. The molecular weight excluding hydrogens is 384 g/mol. The molecule has 1 aromatic carbocycles. The van der Waals surface area contributed by atoms with Crippen molar-refractivity contribution in [2.75, 3.05) is 0 Å². The zero-order valence-electron chi connectivity index (χ0n) is 14.6. The number of ether oxygens (including phenoxy) is 1. The molecule has 3 aromatic heterocycles. The highest BCUT2D eigenvalue weighted by molar-refractivity contribution is 7.18. The molecule has 4 aromatic rings. The summed E-state index contributed by atoms with van der Waals surface area (Å²) < 4.78 is 12.1. The van der Waals surface area contributed by atoms with E-state index < -0.39 is 0 Å². The molecular formula is C18H16N4O3S2. The summed E-state index contributed by atoms with van der Waals surface area (Å²) in [7, 11) is 0. The molecule has 1 amide bonds. The number of fused-ring (bicyclic) bond motifs is 1. The zero-order valence-corrected chi connectivity index (χ0v) is 16.3. The van der Waals surface area contributed by atoms with E-state index in [0.717, 1.165) is 20.2 Å².